The second-order valence-corrected chi connectivity index (χ2v) is 6.68. The Bertz CT molecular complexity index is 822. The first-order valence-corrected chi connectivity index (χ1v) is 8.95. The Kier molecular flexibility index (Phi) is 4.44. The molecule has 2 atom stereocenters. The van der Waals surface area contributed by atoms with Gasteiger partial charge in [-0.15, -0.1) is 0 Å². The van der Waals surface area contributed by atoms with E-state index in [2.05, 4.69) is 84.6 Å². The zero-order chi connectivity index (χ0) is 17.9. The molecule has 1 heterocycles. The van der Waals surface area contributed by atoms with Gasteiger partial charge >= 0.3 is 0 Å². The van der Waals surface area contributed by atoms with Crippen LogP contribution >= 0.6 is 0 Å². The number of rotatable bonds is 3. The Morgan fingerprint density at radius 3 is 1.38 bits per heavy atom. The van der Waals surface area contributed by atoms with E-state index in [1.807, 2.05) is 30.3 Å². The highest BCUT2D eigenvalue weighted by Crippen LogP contribution is 2.43. The van der Waals surface area contributed by atoms with Crippen molar-refractivity contribution < 1.29 is 0 Å². The summed E-state index contributed by atoms with van der Waals surface area (Å²) < 4.78 is 0. The molecule has 2 unspecified atom stereocenters. The highest BCUT2D eigenvalue weighted by molar-refractivity contribution is 5.85. The third-order valence-corrected chi connectivity index (χ3v) is 5.03. The van der Waals surface area contributed by atoms with Crippen molar-refractivity contribution in [3.63, 3.8) is 0 Å². The van der Waals surface area contributed by atoms with Gasteiger partial charge in [-0.2, -0.15) is 0 Å². The molecular formula is C23H23N3. The van der Waals surface area contributed by atoms with Gasteiger partial charge in [0.2, 0.25) is 5.96 Å². The number of para-hydroxylation sites is 1. The second-order valence-electron chi connectivity index (χ2n) is 6.68. The normalized spacial score (nSPS) is 19.7. The van der Waals surface area contributed by atoms with Gasteiger partial charge in [-0.25, -0.2) is 4.99 Å². The molecule has 3 nitrogen and oxygen atoms in total. The lowest BCUT2D eigenvalue weighted by Gasteiger charge is -2.26. The summed E-state index contributed by atoms with van der Waals surface area (Å²) in [6, 6.07) is 32.0. The van der Waals surface area contributed by atoms with Gasteiger partial charge in [-0.3, -0.25) is 0 Å². The number of likely N-dealkylation sites (N-methyl/N-ethyl adjacent to an activating group) is 2. The van der Waals surface area contributed by atoms with Gasteiger partial charge in [0, 0.05) is 14.1 Å². The minimum Gasteiger partial charge on any atom is -0.336 e. The molecule has 3 aromatic carbocycles. The molecule has 0 spiro atoms. The summed E-state index contributed by atoms with van der Waals surface area (Å²) in [5.41, 5.74) is 3.57. The molecule has 4 rings (SSSR count). The predicted octanol–water partition coefficient (Wildman–Crippen LogP) is 5.03. The highest BCUT2D eigenvalue weighted by atomic mass is 15.5. The molecule has 1 aliphatic heterocycles. The van der Waals surface area contributed by atoms with Crippen molar-refractivity contribution in [2.75, 3.05) is 14.1 Å². The Morgan fingerprint density at radius 2 is 0.962 bits per heavy atom. The van der Waals surface area contributed by atoms with Crippen LogP contribution < -0.4 is 0 Å². The Balaban J connectivity index is 1.81. The number of aliphatic imine (C=N–C) groups is 1. The first-order valence-electron chi connectivity index (χ1n) is 8.95. The minimum absolute atomic E-state index is 0.214. The van der Waals surface area contributed by atoms with Crippen LogP contribution in [0.4, 0.5) is 5.69 Å². The maximum Gasteiger partial charge on any atom is 0.202 e. The molecule has 3 heteroatoms. The van der Waals surface area contributed by atoms with Gasteiger partial charge in [0.15, 0.2) is 0 Å². The molecule has 1 fully saturated rings. The molecule has 0 aromatic heterocycles. The summed E-state index contributed by atoms with van der Waals surface area (Å²) in [4.78, 5) is 9.52. The zero-order valence-electron chi connectivity index (χ0n) is 15.2. The van der Waals surface area contributed by atoms with E-state index in [0.29, 0.717) is 0 Å². The number of hydrogen-bond acceptors (Lipinski definition) is 1. The Morgan fingerprint density at radius 1 is 0.577 bits per heavy atom. The minimum atomic E-state index is 0.214. The van der Waals surface area contributed by atoms with E-state index in [4.69, 9.17) is 4.99 Å². The van der Waals surface area contributed by atoms with Gasteiger partial charge in [-0.1, -0.05) is 78.9 Å². The SMILES string of the molecule is CN1C(=Nc2ccccc2)N(C)C(c2ccccc2)C1c1ccccc1. The molecular weight excluding hydrogens is 318 g/mol. The molecule has 1 aliphatic rings. The van der Waals surface area contributed by atoms with E-state index >= 15 is 0 Å². The van der Waals surface area contributed by atoms with Crippen LogP contribution in [0.25, 0.3) is 0 Å². The second kappa shape index (κ2) is 7.04. The molecule has 0 saturated carbocycles. The Hall–Kier alpha value is -3.07. The maximum atomic E-state index is 4.94. The van der Waals surface area contributed by atoms with Crippen molar-refractivity contribution in [3.05, 3.63) is 102 Å². The lowest BCUT2D eigenvalue weighted by molar-refractivity contribution is 0.316. The largest absolute Gasteiger partial charge is 0.336 e. The van der Waals surface area contributed by atoms with E-state index in [1.165, 1.54) is 11.1 Å². The van der Waals surface area contributed by atoms with Crippen molar-refractivity contribution in [1.82, 2.24) is 9.80 Å². The molecule has 0 radical (unpaired) electrons. The van der Waals surface area contributed by atoms with E-state index in [0.717, 1.165) is 11.6 Å². The van der Waals surface area contributed by atoms with Crippen molar-refractivity contribution in [2.45, 2.75) is 12.1 Å². The van der Waals surface area contributed by atoms with Gasteiger partial charge < -0.3 is 9.80 Å². The van der Waals surface area contributed by atoms with Crippen LogP contribution in [0.15, 0.2) is 96.0 Å². The molecule has 0 N–H and O–H groups in total. The summed E-state index contributed by atoms with van der Waals surface area (Å²) in [5.74, 6) is 0.985. The van der Waals surface area contributed by atoms with Crippen LogP contribution in [-0.2, 0) is 0 Å². The highest BCUT2D eigenvalue weighted by Gasteiger charge is 2.42. The summed E-state index contributed by atoms with van der Waals surface area (Å²) >= 11 is 0. The topological polar surface area (TPSA) is 18.8 Å². The predicted molar refractivity (Wildman–Crippen MR) is 107 cm³/mol. The lowest BCUT2D eigenvalue weighted by Crippen LogP contribution is -2.29. The van der Waals surface area contributed by atoms with Gasteiger partial charge in [0.1, 0.15) is 0 Å². The van der Waals surface area contributed by atoms with E-state index < -0.39 is 0 Å². The lowest BCUT2D eigenvalue weighted by atomic mass is 9.93. The fraction of sp³-hybridized carbons (Fsp3) is 0.174. The smallest absolute Gasteiger partial charge is 0.202 e. The van der Waals surface area contributed by atoms with E-state index in [-0.39, 0.29) is 12.1 Å². The molecule has 1 saturated heterocycles. The number of nitrogens with zero attached hydrogens (tertiary/aromatic N) is 3. The maximum absolute atomic E-state index is 4.94. The molecule has 0 amide bonds. The molecule has 0 aliphatic carbocycles. The zero-order valence-corrected chi connectivity index (χ0v) is 15.2. The van der Waals surface area contributed by atoms with Crippen LogP contribution in [0.1, 0.15) is 23.2 Å². The van der Waals surface area contributed by atoms with E-state index in [9.17, 15) is 0 Å². The number of hydrogen-bond donors (Lipinski definition) is 0. The third kappa shape index (κ3) is 2.97. The van der Waals surface area contributed by atoms with Gasteiger partial charge in [0.25, 0.3) is 0 Å². The summed E-state index contributed by atoms with van der Waals surface area (Å²) in [6.07, 6.45) is 0. The van der Waals surface area contributed by atoms with Crippen LogP contribution in [0, 0.1) is 0 Å². The van der Waals surface area contributed by atoms with Crippen LogP contribution in [0.2, 0.25) is 0 Å². The molecule has 26 heavy (non-hydrogen) atoms. The summed E-state index contributed by atoms with van der Waals surface area (Å²) in [7, 11) is 4.28. The molecule has 0 bridgehead atoms. The van der Waals surface area contributed by atoms with Crippen molar-refractivity contribution >= 4 is 11.6 Å². The number of benzene rings is 3. The van der Waals surface area contributed by atoms with Crippen molar-refractivity contribution in [3.8, 4) is 0 Å². The third-order valence-electron chi connectivity index (χ3n) is 5.03. The summed E-state index contributed by atoms with van der Waals surface area (Å²) in [6.45, 7) is 0. The molecule has 130 valence electrons. The average Bonchev–Trinajstić information content (AvgIpc) is 2.95. The van der Waals surface area contributed by atoms with Crippen LogP contribution in [-0.4, -0.2) is 29.9 Å². The van der Waals surface area contributed by atoms with E-state index in [1.54, 1.807) is 0 Å². The quantitative estimate of drug-likeness (QED) is 0.665. The fourth-order valence-corrected chi connectivity index (χ4v) is 3.81. The first kappa shape index (κ1) is 16.4. The van der Waals surface area contributed by atoms with Gasteiger partial charge in [-0.05, 0) is 23.3 Å². The van der Waals surface area contributed by atoms with Crippen molar-refractivity contribution in [1.29, 1.82) is 0 Å². The van der Waals surface area contributed by atoms with Gasteiger partial charge in [0.05, 0.1) is 17.8 Å². The average molecular weight is 341 g/mol. The van der Waals surface area contributed by atoms with Crippen LogP contribution in [0.3, 0.4) is 0 Å². The van der Waals surface area contributed by atoms with Crippen LogP contribution in [0.5, 0.6) is 0 Å². The monoisotopic (exact) mass is 341 g/mol. The fourth-order valence-electron chi connectivity index (χ4n) is 3.81. The van der Waals surface area contributed by atoms with Crippen molar-refractivity contribution in [2.24, 2.45) is 4.99 Å². The first-order chi connectivity index (χ1) is 12.8. The molecule has 3 aromatic rings. The number of guanidine groups is 1. The Labute approximate surface area is 155 Å². The summed E-state index contributed by atoms with van der Waals surface area (Å²) in [5, 5.41) is 0. The standard InChI is InChI=1S/C23H23N3/c1-25-21(18-12-6-3-7-13-18)22(19-14-8-4-9-15-19)26(2)23(25)24-20-16-10-5-11-17-20/h3-17,21-22H,1-2H3.